The van der Waals surface area contributed by atoms with E-state index in [0.717, 1.165) is 5.69 Å². The maximum absolute atomic E-state index is 12.1. The molecule has 1 aromatic rings. The van der Waals surface area contributed by atoms with E-state index in [-0.39, 0.29) is 23.8 Å². The highest BCUT2D eigenvalue weighted by molar-refractivity contribution is 5.95. The Kier molecular flexibility index (Phi) is 4.92. The lowest BCUT2D eigenvalue weighted by atomic mass is 10.1. The van der Waals surface area contributed by atoms with Gasteiger partial charge in [-0.2, -0.15) is 5.10 Å². The van der Waals surface area contributed by atoms with Gasteiger partial charge in [0.1, 0.15) is 0 Å². The molecule has 0 aliphatic carbocycles. The second-order valence-electron chi connectivity index (χ2n) is 6.14. The molecule has 2 N–H and O–H groups in total. The normalized spacial score (nSPS) is 13.1. The summed E-state index contributed by atoms with van der Waals surface area (Å²) in [7, 11) is 0. The molecule has 0 aromatic carbocycles. The molecule has 20 heavy (non-hydrogen) atoms. The van der Waals surface area contributed by atoms with Crippen LogP contribution in [0.5, 0.6) is 0 Å². The van der Waals surface area contributed by atoms with Gasteiger partial charge < -0.3 is 10.4 Å². The van der Waals surface area contributed by atoms with Crippen LogP contribution in [0.2, 0.25) is 0 Å². The number of nitrogens with one attached hydrogen (secondary N) is 1. The number of carboxylic acid groups (broad SMARTS) is 1. The summed E-state index contributed by atoms with van der Waals surface area (Å²) in [5.41, 5.74) is 1.16. The Morgan fingerprint density at radius 1 is 1.45 bits per heavy atom. The summed E-state index contributed by atoms with van der Waals surface area (Å²) in [5, 5.41) is 15.7. The van der Waals surface area contributed by atoms with Crippen molar-refractivity contribution in [1.82, 2.24) is 15.1 Å². The average Bonchev–Trinajstić information content (AvgIpc) is 2.66. The van der Waals surface area contributed by atoms with Crippen molar-refractivity contribution in [3.63, 3.8) is 0 Å². The zero-order valence-electron chi connectivity index (χ0n) is 12.7. The Balaban J connectivity index is 2.70. The molecule has 0 spiro atoms. The topological polar surface area (TPSA) is 84.2 Å². The summed E-state index contributed by atoms with van der Waals surface area (Å²) in [5.74, 6) is -1.17. The lowest BCUT2D eigenvalue weighted by Crippen LogP contribution is -2.30. The van der Waals surface area contributed by atoms with Crippen molar-refractivity contribution < 1.29 is 14.7 Å². The summed E-state index contributed by atoms with van der Waals surface area (Å²) in [6.45, 7) is 10.0. The third kappa shape index (κ3) is 4.08. The van der Waals surface area contributed by atoms with E-state index < -0.39 is 5.97 Å². The lowest BCUT2D eigenvalue weighted by Gasteiger charge is -2.21. The Morgan fingerprint density at radius 2 is 2.05 bits per heavy atom. The van der Waals surface area contributed by atoms with Crippen molar-refractivity contribution in [3.8, 4) is 0 Å². The van der Waals surface area contributed by atoms with E-state index in [9.17, 15) is 9.59 Å². The highest BCUT2D eigenvalue weighted by Gasteiger charge is 2.21. The SMILES string of the molecule is Cc1c(C(=O)NCC(C)CC(=O)O)cnn1C(C)(C)C. The number of carboxylic acids is 1. The highest BCUT2D eigenvalue weighted by atomic mass is 16.4. The fourth-order valence-corrected chi connectivity index (χ4v) is 2.04. The summed E-state index contributed by atoms with van der Waals surface area (Å²) in [4.78, 5) is 22.7. The first kappa shape index (κ1) is 16.2. The van der Waals surface area contributed by atoms with E-state index in [0.29, 0.717) is 12.1 Å². The molecule has 1 rings (SSSR count). The van der Waals surface area contributed by atoms with Gasteiger partial charge in [-0.1, -0.05) is 6.92 Å². The van der Waals surface area contributed by atoms with Crippen LogP contribution in [0, 0.1) is 12.8 Å². The minimum Gasteiger partial charge on any atom is -0.481 e. The van der Waals surface area contributed by atoms with Gasteiger partial charge in [-0.25, -0.2) is 0 Å². The van der Waals surface area contributed by atoms with E-state index in [1.165, 1.54) is 0 Å². The van der Waals surface area contributed by atoms with Gasteiger partial charge in [-0.3, -0.25) is 14.3 Å². The zero-order chi connectivity index (χ0) is 15.5. The number of hydrogen-bond acceptors (Lipinski definition) is 3. The van der Waals surface area contributed by atoms with Crippen LogP contribution in [0.25, 0.3) is 0 Å². The van der Waals surface area contributed by atoms with Crippen LogP contribution in [0.1, 0.15) is 50.2 Å². The van der Waals surface area contributed by atoms with Gasteiger partial charge in [0.25, 0.3) is 5.91 Å². The molecule has 1 atom stereocenters. The number of aromatic nitrogens is 2. The minimum atomic E-state index is -0.858. The van der Waals surface area contributed by atoms with E-state index in [4.69, 9.17) is 5.11 Å². The molecular formula is C14H23N3O3. The molecule has 1 unspecified atom stereocenters. The van der Waals surface area contributed by atoms with E-state index in [1.807, 2.05) is 32.4 Å². The van der Waals surface area contributed by atoms with Crippen LogP contribution in [-0.2, 0) is 10.3 Å². The fraction of sp³-hybridized carbons (Fsp3) is 0.643. The summed E-state index contributed by atoms with van der Waals surface area (Å²) in [6.07, 6.45) is 1.60. The minimum absolute atomic E-state index is 0.0422. The molecular weight excluding hydrogens is 258 g/mol. The predicted molar refractivity (Wildman–Crippen MR) is 75.7 cm³/mol. The number of carbonyl (C=O) groups excluding carboxylic acids is 1. The van der Waals surface area contributed by atoms with Gasteiger partial charge in [-0.15, -0.1) is 0 Å². The summed E-state index contributed by atoms with van der Waals surface area (Å²) >= 11 is 0. The van der Waals surface area contributed by atoms with Crippen LogP contribution in [0.4, 0.5) is 0 Å². The molecule has 1 amide bonds. The van der Waals surface area contributed by atoms with Crippen LogP contribution < -0.4 is 5.32 Å². The molecule has 0 aliphatic heterocycles. The van der Waals surface area contributed by atoms with Gasteiger partial charge in [0.05, 0.1) is 17.3 Å². The third-order valence-corrected chi connectivity index (χ3v) is 3.02. The van der Waals surface area contributed by atoms with Crippen molar-refractivity contribution >= 4 is 11.9 Å². The highest BCUT2D eigenvalue weighted by Crippen LogP contribution is 2.18. The average molecular weight is 281 g/mol. The molecule has 1 heterocycles. The van der Waals surface area contributed by atoms with Gasteiger partial charge in [-0.05, 0) is 33.6 Å². The Morgan fingerprint density at radius 3 is 2.50 bits per heavy atom. The Hall–Kier alpha value is -1.85. The van der Waals surface area contributed by atoms with Crippen molar-refractivity contribution in [1.29, 1.82) is 0 Å². The molecule has 1 aromatic heterocycles. The number of nitrogens with zero attached hydrogens (tertiary/aromatic N) is 2. The van der Waals surface area contributed by atoms with Crippen molar-refractivity contribution in [3.05, 3.63) is 17.5 Å². The fourth-order valence-electron chi connectivity index (χ4n) is 2.04. The molecule has 0 saturated heterocycles. The maximum Gasteiger partial charge on any atom is 0.303 e. The Bertz CT molecular complexity index is 500. The van der Waals surface area contributed by atoms with E-state index >= 15 is 0 Å². The third-order valence-electron chi connectivity index (χ3n) is 3.02. The number of carbonyl (C=O) groups is 2. The van der Waals surface area contributed by atoms with Gasteiger partial charge in [0.15, 0.2) is 0 Å². The van der Waals surface area contributed by atoms with E-state index in [1.54, 1.807) is 13.1 Å². The molecule has 0 bridgehead atoms. The quantitative estimate of drug-likeness (QED) is 0.861. The first-order valence-electron chi connectivity index (χ1n) is 6.68. The first-order chi connectivity index (χ1) is 9.12. The number of amides is 1. The molecule has 6 nitrogen and oxygen atoms in total. The largest absolute Gasteiger partial charge is 0.481 e. The monoisotopic (exact) mass is 281 g/mol. The summed E-state index contributed by atoms with van der Waals surface area (Å²) in [6, 6.07) is 0. The molecule has 6 heteroatoms. The van der Waals surface area contributed by atoms with Crippen molar-refractivity contribution in [2.75, 3.05) is 6.54 Å². The second kappa shape index (κ2) is 6.07. The smallest absolute Gasteiger partial charge is 0.303 e. The predicted octanol–water partition coefficient (Wildman–Crippen LogP) is 1.79. The maximum atomic E-state index is 12.1. The second-order valence-corrected chi connectivity index (χ2v) is 6.14. The van der Waals surface area contributed by atoms with Crippen molar-refractivity contribution in [2.24, 2.45) is 5.92 Å². The molecule has 112 valence electrons. The zero-order valence-corrected chi connectivity index (χ0v) is 12.7. The molecule has 0 aliphatic rings. The standard InChI is InChI=1S/C14H23N3O3/c1-9(6-12(18)19)7-15-13(20)11-8-16-17(10(11)2)14(3,4)5/h8-9H,6-7H2,1-5H3,(H,15,20)(H,18,19). The molecule has 0 saturated carbocycles. The van der Waals surface area contributed by atoms with Gasteiger partial charge >= 0.3 is 5.97 Å². The number of aliphatic carboxylic acids is 1. The number of rotatable bonds is 5. The number of hydrogen-bond donors (Lipinski definition) is 2. The van der Waals surface area contributed by atoms with Crippen molar-refractivity contribution in [2.45, 2.75) is 46.6 Å². The van der Waals surface area contributed by atoms with Crippen LogP contribution in [0.15, 0.2) is 6.20 Å². The first-order valence-corrected chi connectivity index (χ1v) is 6.68. The van der Waals surface area contributed by atoms with Gasteiger partial charge in [0, 0.05) is 18.7 Å². The molecule has 0 fully saturated rings. The van der Waals surface area contributed by atoms with E-state index in [2.05, 4.69) is 10.4 Å². The lowest BCUT2D eigenvalue weighted by molar-refractivity contribution is -0.137. The Labute approximate surface area is 119 Å². The van der Waals surface area contributed by atoms with Crippen LogP contribution in [-0.4, -0.2) is 33.3 Å². The van der Waals surface area contributed by atoms with Crippen LogP contribution in [0.3, 0.4) is 0 Å². The molecule has 0 radical (unpaired) electrons. The summed E-state index contributed by atoms with van der Waals surface area (Å²) < 4.78 is 1.81. The van der Waals surface area contributed by atoms with Crippen LogP contribution >= 0.6 is 0 Å². The van der Waals surface area contributed by atoms with Gasteiger partial charge in [0.2, 0.25) is 0 Å².